The molecule has 0 aliphatic carbocycles. The van der Waals surface area contributed by atoms with E-state index in [0.717, 1.165) is 48.5 Å². The average molecular weight is 446 g/mol. The van der Waals surface area contributed by atoms with Gasteiger partial charge in [0.05, 0.1) is 17.9 Å². The summed E-state index contributed by atoms with van der Waals surface area (Å²) in [5, 5.41) is 11.5. The molecule has 1 aliphatic heterocycles. The van der Waals surface area contributed by atoms with Crippen molar-refractivity contribution in [2.24, 2.45) is 4.99 Å². The minimum absolute atomic E-state index is 0.609. The number of hydrogen-bond acceptors (Lipinski definition) is 4. The van der Waals surface area contributed by atoms with Gasteiger partial charge in [-0.25, -0.2) is 14.7 Å². The minimum Gasteiger partial charge on any atom is -0.357 e. The van der Waals surface area contributed by atoms with Crippen LogP contribution in [0.5, 0.6) is 0 Å². The predicted octanol–water partition coefficient (Wildman–Crippen LogP) is 4.13. The molecular formula is C26H35N7. The largest absolute Gasteiger partial charge is 0.357 e. The third-order valence-electron chi connectivity index (χ3n) is 5.93. The van der Waals surface area contributed by atoms with E-state index in [0.29, 0.717) is 13.1 Å². The molecule has 174 valence electrons. The quantitative estimate of drug-likeness (QED) is 0.423. The SMILES string of the molecule is CCNC(=NCc1ccnc(N2CCCCC2)c1)NCc1ccccc1-n1nc(C)cc1C. The first-order valence-corrected chi connectivity index (χ1v) is 12.0. The van der Waals surface area contributed by atoms with E-state index in [-0.39, 0.29) is 0 Å². The Morgan fingerprint density at radius 2 is 1.85 bits per heavy atom. The van der Waals surface area contributed by atoms with E-state index in [2.05, 4.69) is 81.9 Å². The highest BCUT2D eigenvalue weighted by Gasteiger charge is 2.12. The summed E-state index contributed by atoms with van der Waals surface area (Å²) in [5.74, 6) is 1.87. The van der Waals surface area contributed by atoms with Crippen molar-refractivity contribution in [3.63, 3.8) is 0 Å². The Kier molecular flexibility index (Phi) is 7.60. The first-order chi connectivity index (χ1) is 16.1. The molecule has 2 aromatic heterocycles. The summed E-state index contributed by atoms with van der Waals surface area (Å²) in [5.41, 5.74) is 5.58. The van der Waals surface area contributed by atoms with Crippen LogP contribution in [0.25, 0.3) is 5.69 Å². The summed E-state index contributed by atoms with van der Waals surface area (Å²) in [6.45, 7) is 10.5. The van der Waals surface area contributed by atoms with E-state index in [4.69, 9.17) is 4.99 Å². The number of rotatable bonds is 7. The molecule has 3 aromatic rings. The summed E-state index contributed by atoms with van der Waals surface area (Å²) >= 11 is 0. The Morgan fingerprint density at radius 1 is 1.03 bits per heavy atom. The molecule has 1 fully saturated rings. The van der Waals surface area contributed by atoms with Crippen molar-refractivity contribution in [1.29, 1.82) is 0 Å². The molecule has 0 amide bonds. The van der Waals surface area contributed by atoms with Crippen molar-refractivity contribution in [1.82, 2.24) is 25.4 Å². The number of aliphatic imine (C=N–C) groups is 1. The van der Waals surface area contributed by atoms with E-state index in [1.54, 1.807) is 0 Å². The lowest BCUT2D eigenvalue weighted by Gasteiger charge is -2.27. The maximum absolute atomic E-state index is 4.83. The number of pyridine rings is 1. The predicted molar refractivity (Wildman–Crippen MR) is 135 cm³/mol. The van der Waals surface area contributed by atoms with Crippen LogP contribution in [0.15, 0.2) is 53.7 Å². The fraction of sp³-hybridized carbons (Fsp3) is 0.423. The highest BCUT2D eigenvalue weighted by atomic mass is 15.3. The van der Waals surface area contributed by atoms with Crippen LogP contribution in [-0.2, 0) is 13.1 Å². The molecular weight excluding hydrogens is 410 g/mol. The van der Waals surface area contributed by atoms with Crippen LogP contribution in [0.2, 0.25) is 0 Å². The summed E-state index contributed by atoms with van der Waals surface area (Å²) < 4.78 is 2.01. The van der Waals surface area contributed by atoms with E-state index < -0.39 is 0 Å². The number of guanidine groups is 1. The second-order valence-corrected chi connectivity index (χ2v) is 8.59. The Bertz CT molecular complexity index is 1080. The lowest BCUT2D eigenvalue weighted by molar-refractivity contribution is 0.573. The van der Waals surface area contributed by atoms with Gasteiger partial charge in [0.1, 0.15) is 5.82 Å². The monoisotopic (exact) mass is 445 g/mol. The van der Waals surface area contributed by atoms with Gasteiger partial charge < -0.3 is 15.5 Å². The van der Waals surface area contributed by atoms with Gasteiger partial charge in [0.25, 0.3) is 0 Å². The molecule has 0 saturated carbocycles. The van der Waals surface area contributed by atoms with Gasteiger partial charge in [0.15, 0.2) is 5.96 Å². The third-order valence-corrected chi connectivity index (χ3v) is 5.93. The lowest BCUT2D eigenvalue weighted by atomic mass is 10.1. The number of anilines is 1. The zero-order valence-electron chi connectivity index (χ0n) is 20.0. The number of aryl methyl sites for hydroxylation is 2. The van der Waals surface area contributed by atoms with Crippen molar-refractivity contribution in [2.45, 2.75) is 53.1 Å². The average Bonchev–Trinajstić information content (AvgIpc) is 3.19. The molecule has 33 heavy (non-hydrogen) atoms. The molecule has 0 radical (unpaired) electrons. The van der Waals surface area contributed by atoms with Gasteiger partial charge in [-0.05, 0) is 75.4 Å². The van der Waals surface area contributed by atoms with E-state index >= 15 is 0 Å². The van der Waals surface area contributed by atoms with Gasteiger partial charge in [-0.3, -0.25) is 0 Å². The number of nitrogens with one attached hydrogen (secondary N) is 2. The molecule has 1 aliphatic rings. The summed E-state index contributed by atoms with van der Waals surface area (Å²) in [7, 11) is 0. The molecule has 0 atom stereocenters. The van der Waals surface area contributed by atoms with Crippen molar-refractivity contribution >= 4 is 11.8 Å². The fourth-order valence-electron chi connectivity index (χ4n) is 4.29. The minimum atomic E-state index is 0.609. The van der Waals surface area contributed by atoms with Gasteiger partial charge >= 0.3 is 0 Å². The number of nitrogens with zero attached hydrogens (tertiary/aromatic N) is 5. The maximum atomic E-state index is 4.83. The Balaban J connectivity index is 1.45. The lowest BCUT2D eigenvalue weighted by Crippen LogP contribution is -2.37. The number of benzene rings is 1. The van der Waals surface area contributed by atoms with Crippen LogP contribution >= 0.6 is 0 Å². The van der Waals surface area contributed by atoms with Gasteiger partial charge in [0, 0.05) is 38.1 Å². The van der Waals surface area contributed by atoms with Gasteiger partial charge in [0.2, 0.25) is 0 Å². The van der Waals surface area contributed by atoms with E-state index in [1.807, 2.05) is 17.8 Å². The first-order valence-electron chi connectivity index (χ1n) is 12.0. The molecule has 2 N–H and O–H groups in total. The second kappa shape index (κ2) is 11.0. The third kappa shape index (κ3) is 5.92. The molecule has 7 heteroatoms. The molecule has 0 unspecified atom stereocenters. The molecule has 1 aromatic carbocycles. The zero-order chi connectivity index (χ0) is 23.0. The van der Waals surface area contributed by atoms with Crippen LogP contribution in [0.1, 0.15) is 48.7 Å². The van der Waals surface area contributed by atoms with Crippen molar-refractivity contribution < 1.29 is 0 Å². The van der Waals surface area contributed by atoms with Crippen LogP contribution in [0.4, 0.5) is 5.82 Å². The summed E-state index contributed by atoms with van der Waals surface area (Å²) in [6, 6.07) is 14.7. The topological polar surface area (TPSA) is 70.4 Å². The number of piperidine rings is 1. The zero-order valence-corrected chi connectivity index (χ0v) is 20.0. The fourth-order valence-corrected chi connectivity index (χ4v) is 4.29. The Morgan fingerprint density at radius 3 is 2.61 bits per heavy atom. The van der Waals surface area contributed by atoms with Gasteiger partial charge in [-0.1, -0.05) is 18.2 Å². The van der Waals surface area contributed by atoms with Crippen molar-refractivity contribution in [3.8, 4) is 5.69 Å². The second-order valence-electron chi connectivity index (χ2n) is 8.59. The number of aromatic nitrogens is 3. The maximum Gasteiger partial charge on any atom is 0.191 e. The molecule has 0 bridgehead atoms. The van der Waals surface area contributed by atoms with Crippen LogP contribution in [0, 0.1) is 13.8 Å². The van der Waals surface area contributed by atoms with Crippen molar-refractivity contribution in [2.75, 3.05) is 24.5 Å². The first kappa shape index (κ1) is 22.8. The smallest absolute Gasteiger partial charge is 0.191 e. The van der Waals surface area contributed by atoms with Crippen molar-refractivity contribution in [3.05, 3.63) is 71.2 Å². The van der Waals surface area contributed by atoms with Crippen LogP contribution in [0.3, 0.4) is 0 Å². The molecule has 0 spiro atoms. The number of hydrogen-bond donors (Lipinski definition) is 2. The Labute approximate surface area is 197 Å². The van der Waals surface area contributed by atoms with Crippen LogP contribution in [-0.4, -0.2) is 40.4 Å². The Hall–Kier alpha value is -3.35. The molecule has 4 rings (SSSR count). The standard InChI is InChI=1S/C26H35N7/c1-4-27-26(29-18-22-12-13-28-25(17-22)32-14-8-5-9-15-32)30-19-23-10-6-7-11-24(23)33-21(3)16-20(2)31-33/h6-7,10-13,16-17H,4-5,8-9,14-15,18-19H2,1-3H3,(H2,27,29,30). The summed E-state index contributed by atoms with van der Waals surface area (Å²) in [6.07, 6.45) is 5.72. The normalized spacial score (nSPS) is 14.4. The summed E-state index contributed by atoms with van der Waals surface area (Å²) in [4.78, 5) is 11.8. The highest BCUT2D eigenvalue weighted by molar-refractivity contribution is 5.79. The molecule has 3 heterocycles. The number of para-hydroxylation sites is 1. The molecule has 1 saturated heterocycles. The van der Waals surface area contributed by atoms with E-state index in [1.165, 1.54) is 30.4 Å². The molecule has 7 nitrogen and oxygen atoms in total. The van der Waals surface area contributed by atoms with E-state index in [9.17, 15) is 0 Å². The van der Waals surface area contributed by atoms with Gasteiger partial charge in [-0.2, -0.15) is 5.10 Å². The highest BCUT2D eigenvalue weighted by Crippen LogP contribution is 2.19. The van der Waals surface area contributed by atoms with Gasteiger partial charge in [-0.15, -0.1) is 0 Å². The van der Waals surface area contributed by atoms with Crippen LogP contribution < -0.4 is 15.5 Å².